The van der Waals surface area contributed by atoms with Gasteiger partial charge in [-0.1, -0.05) is 23.9 Å². The van der Waals surface area contributed by atoms with Gasteiger partial charge in [0.2, 0.25) is 5.91 Å². The number of hydrogen-bond donors (Lipinski definition) is 2. The van der Waals surface area contributed by atoms with Gasteiger partial charge in [0.25, 0.3) is 11.6 Å². The molecule has 2 N–H and O–H groups in total. The summed E-state index contributed by atoms with van der Waals surface area (Å²) in [6.45, 7) is 6.30. The summed E-state index contributed by atoms with van der Waals surface area (Å²) in [6.07, 6.45) is 2.13. The molecule has 3 aromatic rings. The van der Waals surface area contributed by atoms with Crippen molar-refractivity contribution in [1.82, 2.24) is 20.1 Å². The number of nitro benzene ring substituents is 1. The van der Waals surface area contributed by atoms with E-state index < -0.39 is 4.92 Å². The number of ether oxygens (including phenoxy) is 1. The standard InChI is InChI=1S/C24H26N6O5S/c1-4-13-29-21(11-12-25-23(32)17-6-9-19(35-3)10-7-17)27-28-24(29)36-15-22(31)26-20-14-18(30(33)34)8-5-16(20)2/h4-10,14H,1,11-13,15H2,2-3H3,(H,25,32)(H,26,31). The number of nitro groups is 1. The zero-order chi connectivity index (χ0) is 26.1. The van der Waals surface area contributed by atoms with Crippen molar-refractivity contribution < 1.29 is 19.2 Å². The van der Waals surface area contributed by atoms with Gasteiger partial charge in [0.15, 0.2) is 5.16 Å². The predicted molar refractivity (Wildman–Crippen MR) is 136 cm³/mol. The molecule has 12 heteroatoms. The number of nitrogens with one attached hydrogen (secondary N) is 2. The Morgan fingerprint density at radius 1 is 1.22 bits per heavy atom. The van der Waals surface area contributed by atoms with Gasteiger partial charge in [-0.25, -0.2) is 0 Å². The summed E-state index contributed by atoms with van der Waals surface area (Å²) < 4.78 is 6.92. The van der Waals surface area contributed by atoms with Gasteiger partial charge >= 0.3 is 0 Å². The van der Waals surface area contributed by atoms with E-state index in [2.05, 4.69) is 27.4 Å². The number of non-ortho nitro benzene ring substituents is 1. The molecule has 0 unspecified atom stereocenters. The first-order chi connectivity index (χ1) is 17.3. The quantitative estimate of drug-likeness (QED) is 0.163. The first-order valence-corrected chi connectivity index (χ1v) is 11.9. The lowest BCUT2D eigenvalue weighted by atomic mass is 10.2. The van der Waals surface area contributed by atoms with Gasteiger partial charge in [0, 0.05) is 37.2 Å². The van der Waals surface area contributed by atoms with Crippen LogP contribution in [0.25, 0.3) is 0 Å². The highest BCUT2D eigenvalue weighted by Gasteiger charge is 2.16. The summed E-state index contributed by atoms with van der Waals surface area (Å²) in [5, 5.41) is 25.5. The molecule has 188 valence electrons. The topological polar surface area (TPSA) is 141 Å². The number of anilines is 1. The van der Waals surface area contributed by atoms with Crippen molar-refractivity contribution in [2.45, 2.75) is 25.0 Å². The summed E-state index contributed by atoms with van der Waals surface area (Å²) in [5.41, 5.74) is 1.52. The van der Waals surface area contributed by atoms with E-state index in [-0.39, 0.29) is 23.3 Å². The Morgan fingerprint density at radius 2 is 1.97 bits per heavy atom. The molecule has 36 heavy (non-hydrogen) atoms. The number of rotatable bonds is 12. The number of allylic oxidation sites excluding steroid dienone is 1. The van der Waals surface area contributed by atoms with Crippen LogP contribution in [0.2, 0.25) is 0 Å². The van der Waals surface area contributed by atoms with Crippen LogP contribution in [0.5, 0.6) is 5.75 Å². The van der Waals surface area contributed by atoms with Crippen LogP contribution in [-0.4, -0.2) is 50.9 Å². The van der Waals surface area contributed by atoms with Crippen molar-refractivity contribution in [3.63, 3.8) is 0 Å². The maximum Gasteiger partial charge on any atom is 0.271 e. The molecule has 0 bridgehead atoms. The van der Waals surface area contributed by atoms with Gasteiger partial charge in [0.05, 0.1) is 23.5 Å². The van der Waals surface area contributed by atoms with Crippen LogP contribution in [0.15, 0.2) is 60.3 Å². The highest BCUT2D eigenvalue weighted by Crippen LogP contribution is 2.23. The van der Waals surface area contributed by atoms with E-state index in [1.165, 1.54) is 23.9 Å². The molecule has 11 nitrogen and oxygen atoms in total. The number of amides is 2. The summed E-state index contributed by atoms with van der Waals surface area (Å²) in [6, 6.07) is 11.1. The second-order valence-electron chi connectivity index (χ2n) is 7.63. The maximum absolute atomic E-state index is 12.5. The molecule has 0 spiro atoms. The summed E-state index contributed by atoms with van der Waals surface area (Å²) in [4.78, 5) is 35.3. The maximum atomic E-state index is 12.5. The third-order valence-electron chi connectivity index (χ3n) is 5.13. The van der Waals surface area contributed by atoms with Gasteiger partial charge in [-0.3, -0.25) is 19.7 Å². The molecule has 0 atom stereocenters. The van der Waals surface area contributed by atoms with Crippen LogP contribution in [-0.2, 0) is 17.8 Å². The first kappa shape index (κ1) is 26.4. The van der Waals surface area contributed by atoms with Crippen molar-refractivity contribution in [2.24, 2.45) is 0 Å². The molecule has 1 aromatic heterocycles. The molecule has 0 fully saturated rings. The molecule has 0 aliphatic rings. The van der Waals surface area contributed by atoms with E-state index in [0.717, 1.165) is 0 Å². The number of nitrogens with zero attached hydrogens (tertiary/aromatic N) is 4. The van der Waals surface area contributed by atoms with Crippen LogP contribution in [0, 0.1) is 17.0 Å². The molecule has 2 aromatic carbocycles. The third kappa shape index (κ3) is 6.92. The second-order valence-corrected chi connectivity index (χ2v) is 8.57. The van der Waals surface area contributed by atoms with E-state index >= 15 is 0 Å². The minimum Gasteiger partial charge on any atom is -0.497 e. The fourth-order valence-electron chi connectivity index (χ4n) is 3.23. The summed E-state index contributed by atoms with van der Waals surface area (Å²) in [7, 11) is 1.56. The average Bonchev–Trinajstić information content (AvgIpc) is 3.25. The monoisotopic (exact) mass is 510 g/mol. The predicted octanol–water partition coefficient (Wildman–Crippen LogP) is 3.39. The highest BCUT2D eigenvalue weighted by atomic mass is 32.2. The third-order valence-corrected chi connectivity index (χ3v) is 6.10. The molecule has 0 saturated heterocycles. The number of thioether (sulfide) groups is 1. The number of carbonyl (C=O) groups is 2. The number of carbonyl (C=O) groups excluding carboxylic acids is 2. The molecule has 0 aliphatic carbocycles. The normalized spacial score (nSPS) is 10.5. The second kappa shape index (κ2) is 12.5. The molecular formula is C24H26N6O5S. The summed E-state index contributed by atoms with van der Waals surface area (Å²) >= 11 is 1.19. The van der Waals surface area contributed by atoms with Crippen LogP contribution in [0.1, 0.15) is 21.7 Å². The number of benzene rings is 2. The largest absolute Gasteiger partial charge is 0.497 e. The number of hydrogen-bond acceptors (Lipinski definition) is 8. The lowest BCUT2D eigenvalue weighted by molar-refractivity contribution is -0.384. The van der Waals surface area contributed by atoms with Crippen molar-refractivity contribution in [1.29, 1.82) is 0 Å². The molecule has 3 rings (SSSR count). The van der Waals surface area contributed by atoms with Crippen LogP contribution in [0.4, 0.5) is 11.4 Å². The Balaban J connectivity index is 1.57. The van der Waals surface area contributed by atoms with E-state index in [4.69, 9.17) is 4.74 Å². The number of methoxy groups -OCH3 is 1. The van der Waals surface area contributed by atoms with E-state index in [0.29, 0.717) is 53.1 Å². The fraction of sp³-hybridized carbons (Fsp3) is 0.250. The minimum absolute atomic E-state index is 0.0333. The highest BCUT2D eigenvalue weighted by molar-refractivity contribution is 7.99. The van der Waals surface area contributed by atoms with Gasteiger partial charge in [-0.2, -0.15) is 0 Å². The SMILES string of the molecule is C=CCn1c(CCNC(=O)c2ccc(OC)cc2)nnc1SCC(=O)Nc1cc([N+](=O)[O-])ccc1C. The van der Waals surface area contributed by atoms with Crippen LogP contribution >= 0.6 is 11.8 Å². The smallest absolute Gasteiger partial charge is 0.271 e. The van der Waals surface area contributed by atoms with Crippen molar-refractivity contribution >= 4 is 35.0 Å². The van der Waals surface area contributed by atoms with Gasteiger partial charge in [-0.15, -0.1) is 16.8 Å². The average molecular weight is 511 g/mol. The Morgan fingerprint density at radius 3 is 2.64 bits per heavy atom. The molecular weight excluding hydrogens is 484 g/mol. The minimum atomic E-state index is -0.511. The summed E-state index contributed by atoms with van der Waals surface area (Å²) in [5.74, 6) is 0.802. The van der Waals surface area contributed by atoms with Gasteiger partial charge in [0.1, 0.15) is 11.6 Å². The number of aryl methyl sites for hydroxylation is 1. The van der Waals surface area contributed by atoms with Crippen molar-refractivity contribution in [2.75, 3.05) is 24.7 Å². The Bertz CT molecular complexity index is 1260. The van der Waals surface area contributed by atoms with E-state index in [9.17, 15) is 19.7 Å². The van der Waals surface area contributed by atoms with E-state index in [1.807, 2.05) is 4.57 Å². The Kier molecular flexibility index (Phi) is 9.17. The molecule has 1 heterocycles. The van der Waals surface area contributed by atoms with Gasteiger partial charge in [-0.05, 0) is 36.8 Å². The van der Waals surface area contributed by atoms with Crippen molar-refractivity contribution in [3.05, 3.63) is 82.2 Å². The lowest BCUT2D eigenvalue weighted by Crippen LogP contribution is -2.26. The Hall–Kier alpha value is -4.19. The van der Waals surface area contributed by atoms with Crippen molar-refractivity contribution in [3.8, 4) is 5.75 Å². The molecule has 0 saturated carbocycles. The fourth-order valence-corrected chi connectivity index (χ4v) is 4.00. The molecule has 0 radical (unpaired) electrons. The molecule has 0 aliphatic heterocycles. The van der Waals surface area contributed by atoms with Gasteiger partial charge < -0.3 is 19.9 Å². The zero-order valence-corrected chi connectivity index (χ0v) is 20.7. The zero-order valence-electron chi connectivity index (χ0n) is 19.9. The number of aromatic nitrogens is 3. The molecule has 2 amide bonds. The lowest BCUT2D eigenvalue weighted by Gasteiger charge is -2.10. The van der Waals surface area contributed by atoms with Crippen LogP contribution < -0.4 is 15.4 Å². The Labute approximate surface area is 212 Å². The first-order valence-electron chi connectivity index (χ1n) is 10.9. The van der Waals surface area contributed by atoms with E-state index in [1.54, 1.807) is 50.4 Å². The van der Waals surface area contributed by atoms with Crippen LogP contribution in [0.3, 0.4) is 0 Å².